The smallest absolute Gasteiger partial charge is 0.194 e. The first-order valence-corrected chi connectivity index (χ1v) is 9.79. The summed E-state index contributed by atoms with van der Waals surface area (Å²) in [6, 6.07) is 6.58. The maximum absolute atomic E-state index is 13.2. The van der Waals surface area contributed by atoms with E-state index in [1.165, 1.54) is 12.1 Å². The fraction of sp³-hybridized carbons (Fsp3) is 0.611. The monoisotopic (exact) mass is 353 g/mol. The molecule has 1 aromatic rings. The van der Waals surface area contributed by atoms with E-state index in [1.54, 1.807) is 12.1 Å². The van der Waals surface area contributed by atoms with Gasteiger partial charge in [0.15, 0.2) is 5.96 Å². The number of aliphatic imine (C=N–C) groups is 1. The third-order valence-electron chi connectivity index (χ3n) is 4.04. The third-order valence-corrected chi connectivity index (χ3v) is 4.99. The highest BCUT2D eigenvalue weighted by Crippen LogP contribution is 2.25. The number of hydrogen-bond donors (Lipinski definition) is 1. The van der Waals surface area contributed by atoms with Crippen molar-refractivity contribution in [2.24, 2.45) is 4.99 Å². The van der Waals surface area contributed by atoms with Gasteiger partial charge in [-0.05, 0) is 37.8 Å². The Morgan fingerprint density at radius 1 is 1.42 bits per heavy atom. The second-order valence-electron chi connectivity index (χ2n) is 6.13. The van der Waals surface area contributed by atoms with Crippen LogP contribution in [0.5, 0.6) is 0 Å². The molecule has 1 aliphatic rings. The Morgan fingerprint density at radius 2 is 2.12 bits per heavy atom. The molecule has 0 spiro atoms. The first-order valence-electron chi connectivity index (χ1n) is 8.50. The lowest BCUT2D eigenvalue weighted by atomic mass is 10.1. The van der Waals surface area contributed by atoms with Crippen molar-refractivity contribution in [3.05, 3.63) is 35.6 Å². The second kappa shape index (κ2) is 9.28. The highest BCUT2D eigenvalue weighted by Gasteiger charge is 2.28. The summed E-state index contributed by atoms with van der Waals surface area (Å²) in [4.78, 5) is 7.03. The molecule has 1 aliphatic heterocycles. The van der Waals surface area contributed by atoms with Gasteiger partial charge in [-0.25, -0.2) is 4.39 Å². The second-order valence-corrected chi connectivity index (χ2v) is 7.41. The van der Waals surface area contributed by atoms with Gasteiger partial charge in [0.05, 0.1) is 19.2 Å². The van der Waals surface area contributed by atoms with Crippen LogP contribution in [0.15, 0.2) is 29.3 Å². The Morgan fingerprint density at radius 3 is 2.75 bits per heavy atom. The standard InChI is InChI=1S/C18H28FN3OS/c1-5-20-18(21-10-14(3)24-4)22-11-13(2)23-17(12-22)15-6-8-16(19)9-7-15/h6-9,13-14,17H,5,10-12H2,1-4H3,(H,20,21). The summed E-state index contributed by atoms with van der Waals surface area (Å²) in [6.07, 6.45) is 2.13. The molecular weight excluding hydrogens is 325 g/mol. The van der Waals surface area contributed by atoms with Crippen molar-refractivity contribution in [2.45, 2.75) is 38.2 Å². The summed E-state index contributed by atoms with van der Waals surface area (Å²) in [5.41, 5.74) is 1.00. The van der Waals surface area contributed by atoms with Crippen molar-refractivity contribution in [1.29, 1.82) is 0 Å². The number of halogens is 1. The number of thioether (sulfide) groups is 1. The molecule has 1 heterocycles. The van der Waals surface area contributed by atoms with Gasteiger partial charge in [0, 0.05) is 18.3 Å². The summed E-state index contributed by atoms with van der Waals surface area (Å²) >= 11 is 1.82. The number of rotatable bonds is 5. The van der Waals surface area contributed by atoms with E-state index < -0.39 is 0 Å². The summed E-state index contributed by atoms with van der Waals surface area (Å²) in [5.74, 6) is 0.709. The first kappa shape index (κ1) is 19.1. The highest BCUT2D eigenvalue weighted by atomic mass is 32.2. The molecule has 0 aliphatic carbocycles. The molecule has 24 heavy (non-hydrogen) atoms. The highest BCUT2D eigenvalue weighted by molar-refractivity contribution is 7.99. The molecule has 4 nitrogen and oxygen atoms in total. The molecule has 0 bridgehead atoms. The van der Waals surface area contributed by atoms with Gasteiger partial charge < -0.3 is 15.0 Å². The van der Waals surface area contributed by atoms with E-state index in [0.717, 1.165) is 37.7 Å². The van der Waals surface area contributed by atoms with Crippen LogP contribution in [-0.2, 0) is 4.74 Å². The maximum Gasteiger partial charge on any atom is 0.194 e. The van der Waals surface area contributed by atoms with Crippen LogP contribution in [0.4, 0.5) is 4.39 Å². The molecule has 3 atom stereocenters. The zero-order valence-electron chi connectivity index (χ0n) is 15.0. The number of nitrogens with zero attached hydrogens (tertiary/aromatic N) is 2. The average molecular weight is 354 g/mol. The number of benzene rings is 1. The van der Waals surface area contributed by atoms with Gasteiger partial charge in [-0.3, -0.25) is 4.99 Å². The van der Waals surface area contributed by atoms with Crippen LogP contribution in [0.1, 0.15) is 32.4 Å². The van der Waals surface area contributed by atoms with Crippen LogP contribution in [-0.4, -0.2) is 54.6 Å². The molecule has 0 saturated carbocycles. The molecule has 6 heteroatoms. The van der Waals surface area contributed by atoms with E-state index in [9.17, 15) is 4.39 Å². The number of ether oxygens (including phenoxy) is 1. The van der Waals surface area contributed by atoms with Crippen molar-refractivity contribution >= 4 is 17.7 Å². The SMILES string of the molecule is CCNC(=NCC(C)SC)N1CC(C)OC(c2ccc(F)cc2)C1. The maximum atomic E-state index is 13.2. The minimum atomic E-state index is -0.222. The van der Waals surface area contributed by atoms with Crippen LogP contribution < -0.4 is 5.32 Å². The number of guanidine groups is 1. The minimum Gasteiger partial charge on any atom is -0.367 e. The number of morpholine rings is 1. The molecule has 0 amide bonds. The predicted molar refractivity (Wildman–Crippen MR) is 100 cm³/mol. The molecule has 2 rings (SSSR count). The van der Waals surface area contributed by atoms with Gasteiger partial charge in [0.1, 0.15) is 11.9 Å². The van der Waals surface area contributed by atoms with Crippen LogP contribution in [0.2, 0.25) is 0 Å². The van der Waals surface area contributed by atoms with Crippen molar-refractivity contribution in [1.82, 2.24) is 10.2 Å². The van der Waals surface area contributed by atoms with E-state index in [2.05, 4.69) is 37.2 Å². The summed E-state index contributed by atoms with van der Waals surface area (Å²) in [7, 11) is 0. The normalized spacial score (nSPS) is 23.2. The average Bonchev–Trinajstić information content (AvgIpc) is 2.58. The summed E-state index contributed by atoms with van der Waals surface area (Å²) < 4.78 is 19.2. The number of nitrogens with one attached hydrogen (secondary N) is 1. The van der Waals surface area contributed by atoms with Crippen molar-refractivity contribution in [2.75, 3.05) is 32.4 Å². The van der Waals surface area contributed by atoms with E-state index in [1.807, 2.05) is 11.8 Å². The number of hydrogen-bond acceptors (Lipinski definition) is 3. The van der Waals surface area contributed by atoms with Crippen molar-refractivity contribution in [3.63, 3.8) is 0 Å². The van der Waals surface area contributed by atoms with Crippen molar-refractivity contribution < 1.29 is 9.13 Å². The zero-order valence-corrected chi connectivity index (χ0v) is 15.8. The van der Waals surface area contributed by atoms with Gasteiger partial charge in [-0.1, -0.05) is 19.1 Å². The molecule has 1 N–H and O–H groups in total. The van der Waals surface area contributed by atoms with Gasteiger partial charge in [-0.15, -0.1) is 0 Å². The van der Waals surface area contributed by atoms with E-state index in [-0.39, 0.29) is 18.0 Å². The Kier molecular flexibility index (Phi) is 7.37. The zero-order chi connectivity index (χ0) is 17.5. The van der Waals surface area contributed by atoms with E-state index in [4.69, 9.17) is 9.73 Å². The fourth-order valence-electron chi connectivity index (χ4n) is 2.70. The molecule has 1 saturated heterocycles. The summed E-state index contributed by atoms with van der Waals surface area (Å²) in [6.45, 7) is 9.47. The lowest BCUT2D eigenvalue weighted by Gasteiger charge is -2.38. The molecule has 1 fully saturated rings. The lowest BCUT2D eigenvalue weighted by Crippen LogP contribution is -2.50. The van der Waals surface area contributed by atoms with Gasteiger partial charge >= 0.3 is 0 Å². The Hall–Kier alpha value is -1.27. The Labute approximate surface area is 148 Å². The minimum absolute atomic E-state index is 0.0730. The van der Waals surface area contributed by atoms with Crippen LogP contribution >= 0.6 is 11.8 Å². The van der Waals surface area contributed by atoms with Crippen LogP contribution in [0.3, 0.4) is 0 Å². The summed E-state index contributed by atoms with van der Waals surface area (Å²) in [5, 5.41) is 3.88. The van der Waals surface area contributed by atoms with Gasteiger partial charge in [-0.2, -0.15) is 11.8 Å². The lowest BCUT2D eigenvalue weighted by molar-refractivity contribution is -0.0605. The van der Waals surface area contributed by atoms with Crippen LogP contribution in [0.25, 0.3) is 0 Å². The molecular formula is C18H28FN3OS. The predicted octanol–water partition coefficient (Wildman–Crippen LogP) is 3.30. The Balaban J connectivity index is 2.13. The molecule has 3 unspecified atom stereocenters. The van der Waals surface area contributed by atoms with Gasteiger partial charge in [0.2, 0.25) is 0 Å². The fourth-order valence-corrected chi connectivity index (χ4v) is 2.92. The van der Waals surface area contributed by atoms with E-state index >= 15 is 0 Å². The van der Waals surface area contributed by atoms with Crippen molar-refractivity contribution in [3.8, 4) is 0 Å². The van der Waals surface area contributed by atoms with Crippen LogP contribution in [0, 0.1) is 5.82 Å². The van der Waals surface area contributed by atoms with E-state index in [0.29, 0.717) is 5.25 Å². The van der Waals surface area contributed by atoms with Gasteiger partial charge in [0.25, 0.3) is 0 Å². The molecule has 0 radical (unpaired) electrons. The first-order chi connectivity index (χ1) is 11.5. The quantitative estimate of drug-likeness (QED) is 0.651. The molecule has 134 valence electrons. The third kappa shape index (κ3) is 5.38. The Bertz CT molecular complexity index is 538. The largest absolute Gasteiger partial charge is 0.367 e. The molecule has 0 aromatic heterocycles. The topological polar surface area (TPSA) is 36.9 Å². The molecule has 1 aromatic carbocycles.